The Balaban J connectivity index is 2.61. The first-order chi connectivity index (χ1) is 12.1. The predicted octanol–water partition coefficient (Wildman–Crippen LogP) is 1.14. The molecule has 0 spiro atoms. The molecule has 0 saturated heterocycles. The number of esters is 2. The summed E-state index contributed by atoms with van der Waals surface area (Å²) in [5.41, 5.74) is -0.110. The SMILES string of the molecule is COC(=O)[C@@H]1C(=O)C[C@](C)(O)[C@@H](C(=O)OC)[C@H]1c1ccc(N(C)C)cc1. The van der Waals surface area contributed by atoms with Crippen LogP contribution in [0.2, 0.25) is 0 Å². The molecule has 1 aromatic rings. The standard InChI is InChI=1S/C19H25NO6/c1-19(24)10-13(21)15(17(22)25-4)14(16(19)18(23)26-5)11-6-8-12(9-7-11)20(2)3/h6-9,14-16,24H,10H2,1-5H3/t14-,15+,16+,19-/m0/s1. The van der Waals surface area contributed by atoms with Crippen LogP contribution in [0.3, 0.4) is 0 Å². The molecule has 1 fully saturated rings. The maximum atomic E-state index is 12.6. The molecule has 0 radical (unpaired) electrons. The normalized spacial score (nSPS) is 28.4. The fraction of sp³-hybridized carbons (Fsp3) is 0.526. The molecule has 4 atom stereocenters. The van der Waals surface area contributed by atoms with Crippen molar-refractivity contribution >= 4 is 23.4 Å². The minimum absolute atomic E-state index is 0.321. The molecule has 0 aromatic heterocycles. The number of carbonyl (C=O) groups excluding carboxylic acids is 3. The fourth-order valence-electron chi connectivity index (χ4n) is 3.66. The van der Waals surface area contributed by atoms with E-state index in [1.807, 2.05) is 31.1 Å². The zero-order valence-electron chi connectivity index (χ0n) is 15.7. The van der Waals surface area contributed by atoms with Gasteiger partial charge in [-0.15, -0.1) is 0 Å². The molecule has 0 amide bonds. The summed E-state index contributed by atoms with van der Waals surface area (Å²) < 4.78 is 9.67. The van der Waals surface area contributed by atoms with Crippen LogP contribution in [0.15, 0.2) is 24.3 Å². The van der Waals surface area contributed by atoms with Crippen molar-refractivity contribution in [3.8, 4) is 0 Å². The molecular weight excluding hydrogens is 338 g/mol. The van der Waals surface area contributed by atoms with E-state index in [1.54, 1.807) is 12.1 Å². The van der Waals surface area contributed by atoms with Crippen LogP contribution in [0.5, 0.6) is 0 Å². The minimum Gasteiger partial charge on any atom is -0.469 e. The Bertz CT molecular complexity index is 694. The Morgan fingerprint density at radius 1 is 1.12 bits per heavy atom. The lowest BCUT2D eigenvalue weighted by Gasteiger charge is -2.43. The van der Waals surface area contributed by atoms with E-state index in [1.165, 1.54) is 21.1 Å². The van der Waals surface area contributed by atoms with Crippen LogP contribution < -0.4 is 4.90 Å². The number of hydrogen-bond donors (Lipinski definition) is 1. The number of carbonyl (C=O) groups is 3. The highest BCUT2D eigenvalue weighted by Crippen LogP contribution is 2.46. The van der Waals surface area contributed by atoms with Crippen molar-refractivity contribution in [2.24, 2.45) is 11.8 Å². The summed E-state index contributed by atoms with van der Waals surface area (Å²) in [5, 5.41) is 10.8. The zero-order valence-corrected chi connectivity index (χ0v) is 15.7. The van der Waals surface area contributed by atoms with E-state index in [9.17, 15) is 19.5 Å². The maximum absolute atomic E-state index is 12.6. The van der Waals surface area contributed by atoms with Crippen LogP contribution in [0.4, 0.5) is 5.69 Å². The van der Waals surface area contributed by atoms with Crippen LogP contribution in [0.25, 0.3) is 0 Å². The van der Waals surface area contributed by atoms with E-state index in [2.05, 4.69) is 0 Å². The molecule has 142 valence electrons. The number of benzene rings is 1. The Kier molecular flexibility index (Phi) is 5.71. The number of rotatable bonds is 4. The fourth-order valence-corrected chi connectivity index (χ4v) is 3.66. The van der Waals surface area contributed by atoms with Crippen LogP contribution in [-0.4, -0.2) is 56.7 Å². The van der Waals surface area contributed by atoms with Crippen molar-refractivity contribution in [2.75, 3.05) is 33.2 Å². The van der Waals surface area contributed by atoms with Crippen molar-refractivity contribution in [1.29, 1.82) is 0 Å². The molecule has 2 rings (SSSR count). The second kappa shape index (κ2) is 7.45. The monoisotopic (exact) mass is 363 g/mol. The summed E-state index contributed by atoms with van der Waals surface area (Å²) in [7, 11) is 6.19. The second-order valence-electron chi connectivity index (χ2n) is 7.01. The van der Waals surface area contributed by atoms with Crippen molar-refractivity contribution in [1.82, 2.24) is 0 Å². The van der Waals surface area contributed by atoms with Gasteiger partial charge in [0, 0.05) is 32.1 Å². The van der Waals surface area contributed by atoms with Gasteiger partial charge in [0.15, 0.2) is 5.78 Å². The van der Waals surface area contributed by atoms with Gasteiger partial charge in [-0.05, 0) is 24.6 Å². The number of Topliss-reactive ketones (excluding diaryl/α,β-unsaturated/α-hetero) is 1. The minimum atomic E-state index is -1.63. The number of methoxy groups -OCH3 is 2. The molecule has 0 bridgehead atoms. The van der Waals surface area contributed by atoms with Gasteiger partial charge in [0.2, 0.25) is 0 Å². The third-order valence-electron chi connectivity index (χ3n) is 4.97. The molecule has 1 aromatic carbocycles. The molecule has 0 heterocycles. The van der Waals surface area contributed by atoms with E-state index in [4.69, 9.17) is 9.47 Å². The van der Waals surface area contributed by atoms with Gasteiger partial charge in [-0.2, -0.15) is 0 Å². The summed E-state index contributed by atoms with van der Waals surface area (Å²) in [6.07, 6.45) is -0.321. The topological polar surface area (TPSA) is 93.1 Å². The Morgan fingerprint density at radius 3 is 2.12 bits per heavy atom. The number of aliphatic hydroxyl groups is 1. The highest BCUT2D eigenvalue weighted by atomic mass is 16.5. The van der Waals surface area contributed by atoms with Gasteiger partial charge >= 0.3 is 11.9 Å². The van der Waals surface area contributed by atoms with E-state index < -0.39 is 41.1 Å². The number of ketones is 1. The summed E-state index contributed by atoms with van der Waals surface area (Å²) in [4.78, 5) is 39.3. The molecular formula is C19H25NO6. The third kappa shape index (κ3) is 3.58. The third-order valence-corrected chi connectivity index (χ3v) is 4.97. The average Bonchev–Trinajstić information content (AvgIpc) is 2.59. The largest absolute Gasteiger partial charge is 0.469 e. The molecule has 7 heteroatoms. The van der Waals surface area contributed by atoms with E-state index in [0.717, 1.165) is 5.69 Å². The maximum Gasteiger partial charge on any atom is 0.316 e. The van der Waals surface area contributed by atoms with Crippen molar-refractivity contribution in [3.63, 3.8) is 0 Å². The van der Waals surface area contributed by atoms with E-state index >= 15 is 0 Å². The summed E-state index contributed by atoms with van der Waals surface area (Å²) >= 11 is 0. The number of nitrogens with zero attached hydrogens (tertiary/aromatic N) is 1. The highest BCUT2D eigenvalue weighted by Gasteiger charge is 2.56. The highest BCUT2D eigenvalue weighted by molar-refractivity contribution is 6.02. The number of hydrogen-bond acceptors (Lipinski definition) is 7. The average molecular weight is 363 g/mol. The van der Waals surface area contributed by atoms with Crippen molar-refractivity contribution < 1.29 is 29.0 Å². The number of ether oxygens (including phenoxy) is 2. The molecule has 1 aliphatic carbocycles. The lowest BCUT2D eigenvalue weighted by Crippen LogP contribution is -2.55. The predicted molar refractivity (Wildman–Crippen MR) is 94.8 cm³/mol. The quantitative estimate of drug-likeness (QED) is 0.633. The van der Waals surface area contributed by atoms with Gasteiger partial charge in [-0.3, -0.25) is 14.4 Å². The first-order valence-electron chi connectivity index (χ1n) is 8.32. The van der Waals surface area contributed by atoms with Gasteiger partial charge < -0.3 is 19.5 Å². The summed E-state index contributed by atoms with van der Waals surface area (Å²) in [5.74, 6) is -4.96. The van der Waals surface area contributed by atoms with Crippen molar-refractivity contribution in [3.05, 3.63) is 29.8 Å². The van der Waals surface area contributed by atoms with Crippen LogP contribution in [0.1, 0.15) is 24.8 Å². The van der Waals surface area contributed by atoms with Gasteiger partial charge in [0.25, 0.3) is 0 Å². The van der Waals surface area contributed by atoms with Crippen LogP contribution in [-0.2, 0) is 23.9 Å². The molecule has 0 aliphatic heterocycles. The molecule has 1 saturated carbocycles. The lowest BCUT2D eigenvalue weighted by atomic mass is 9.62. The molecule has 1 N–H and O–H groups in total. The Hall–Kier alpha value is -2.41. The zero-order chi connectivity index (χ0) is 19.6. The lowest BCUT2D eigenvalue weighted by molar-refractivity contribution is -0.170. The van der Waals surface area contributed by atoms with Gasteiger partial charge in [-0.25, -0.2) is 0 Å². The summed E-state index contributed by atoms with van der Waals surface area (Å²) in [6, 6.07) is 7.15. The van der Waals surface area contributed by atoms with E-state index in [-0.39, 0.29) is 6.42 Å². The Labute approximate surface area is 152 Å². The molecule has 1 aliphatic rings. The van der Waals surface area contributed by atoms with Gasteiger partial charge in [0.1, 0.15) is 5.92 Å². The van der Waals surface area contributed by atoms with Crippen LogP contribution >= 0.6 is 0 Å². The Morgan fingerprint density at radius 2 is 1.65 bits per heavy atom. The second-order valence-corrected chi connectivity index (χ2v) is 7.01. The van der Waals surface area contributed by atoms with Crippen LogP contribution in [0, 0.1) is 11.8 Å². The summed E-state index contributed by atoms with van der Waals surface area (Å²) in [6.45, 7) is 1.42. The first kappa shape index (κ1) is 19.9. The van der Waals surface area contributed by atoms with Crippen molar-refractivity contribution in [2.45, 2.75) is 24.9 Å². The van der Waals surface area contributed by atoms with E-state index in [0.29, 0.717) is 5.56 Å². The number of anilines is 1. The molecule has 0 unspecified atom stereocenters. The molecule has 7 nitrogen and oxygen atoms in total. The first-order valence-corrected chi connectivity index (χ1v) is 8.32. The molecule has 26 heavy (non-hydrogen) atoms. The van der Waals surface area contributed by atoms with Gasteiger partial charge in [0.05, 0.1) is 25.7 Å². The smallest absolute Gasteiger partial charge is 0.316 e. The van der Waals surface area contributed by atoms with Gasteiger partial charge in [-0.1, -0.05) is 12.1 Å².